The summed E-state index contributed by atoms with van der Waals surface area (Å²) in [5, 5.41) is 2.14. The van der Waals surface area contributed by atoms with Gasteiger partial charge >= 0.3 is 248 Å². The topological polar surface area (TPSA) is 100 Å². The summed E-state index contributed by atoms with van der Waals surface area (Å²) in [4.78, 5) is 13.4. The van der Waals surface area contributed by atoms with E-state index in [0.29, 0.717) is 19.4 Å². The van der Waals surface area contributed by atoms with Crippen LogP contribution in [0, 0.1) is 0 Å². The Labute approximate surface area is 384 Å². The normalized spacial score (nSPS) is 29.3. The third kappa shape index (κ3) is 11.4. The molecule has 0 radical (unpaired) electrons. The second-order valence-corrected chi connectivity index (χ2v) is 25.0. The number of methoxy groups -OCH3 is 1. The number of carbonyl (C=O) groups is 1. The van der Waals surface area contributed by atoms with Crippen LogP contribution < -0.4 is 13.9 Å². The van der Waals surface area contributed by atoms with Crippen molar-refractivity contribution in [1.29, 1.82) is 0 Å². The predicted octanol–water partition coefficient (Wildman–Crippen LogP) is 8.94. The molecule has 2 fully saturated rings. The van der Waals surface area contributed by atoms with E-state index in [2.05, 4.69) is 70.3 Å². The second-order valence-electron chi connectivity index (χ2n) is 18.0. The van der Waals surface area contributed by atoms with Gasteiger partial charge in [-0.3, -0.25) is 0 Å². The Bertz CT molecular complexity index is 2290. The van der Waals surface area contributed by atoms with Gasteiger partial charge in [0.05, 0.1) is 13.7 Å². The monoisotopic (exact) mass is 952 g/mol. The van der Waals surface area contributed by atoms with E-state index in [4.69, 9.17) is 42.3 Å². The van der Waals surface area contributed by atoms with Gasteiger partial charge in [0.2, 0.25) is 0 Å². The number of benzene rings is 4. The first-order valence-corrected chi connectivity index (χ1v) is 26.8. The Morgan fingerprint density at radius 1 is 0.766 bits per heavy atom. The number of ether oxygens (including phenoxy) is 8. The van der Waals surface area contributed by atoms with E-state index in [1.807, 2.05) is 97.1 Å². The Morgan fingerprint density at radius 2 is 1.52 bits per heavy atom. The van der Waals surface area contributed by atoms with Crippen LogP contribution in [0.3, 0.4) is 0 Å². The van der Waals surface area contributed by atoms with Gasteiger partial charge in [0.15, 0.2) is 0 Å². The quantitative estimate of drug-likeness (QED) is 0.0560. The van der Waals surface area contributed by atoms with Gasteiger partial charge in [-0.15, -0.1) is 0 Å². The molecule has 10 atom stereocenters. The van der Waals surface area contributed by atoms with E-state index in [0.717, 1.165) is 32.3 Å². The molecule has 4 aromatic rings. The van der Waals surface area contributed by atoms with Crippen LogP contribution in [-0.4, -0.2) is 103 Å². The first-order chi connectivity index (χ1) is 30.9. The van der Waals surface area contributed by atoms with Crippen molar-refractivity contribution < 1.29 is 47.1 Å². The maximum atomic E-state index is 13.4. The van der Waals surface area contributed by atoms with Crippen LogP contribution in [0.15, 0.2) is 146 Å². The molecular formula is C52H60O10SeSi. The Kier molecular flexibility index (Phi) is 15.1. The summed E-state index contributed by atoms with van der Waals surface area (Å²) in [6, 6.07) is 31.9. The van der Waals surface area contributed by atoms with Crippen LogP contribution >= 0.6 is 0 Å². The number of allylic oxidation sites excluding steroid dienone is 1. The molecule has 0 saturated carbocycles. The van der Waals surface area contributed by atoms with Crippen molar-refractivity contribution in [3.05, 3.63) is 151 Å². The van der Waals surface area contributed by atoms with Gasteiger partial charge in [-0.05, 0) is 41.0 Å². The van der Waals surface area contributed by atoms with Crippen LogP contribution in [0.5, 0.6) is 11.5 Å². The third-order valence-electron chi connectivity index (χ3n) is 12.6. The average Bonchev–Trinajstić information content (AvgIpc) is 3.53. The standard InChI is InChI=1S/C52H60O10SeSi/c1-52(2,3)64(5,6)62-49-45(60-44-19-12-13-31-56-48(44)50(49)58-39-27-22-35-15-10-11-16-37(35)33-39)30-32-55-41-20-14-21-42-46(34-57-51(61-42)36-23-25-38(54-4)26-24-36)59-43(41)28-29-47(53)63-40-17-8-7-9-18-40/h7-18,21-30,32-33,41-46,48-51H,19-20,31,34H2,1-6H3/b21-14-,29-28-,32-30+/t41-,42+,43+,44+,45-,46-,48+,49-,50-,51-/m1/s1. The summed E-state index contributed by atoms with van der Waals surface area (Å²) in [5.74, 6) is 1.50. The molecule has 0 bridgehead atoms. The zero-order valence-electron chi connectivity index (χ0n) is 37.4. The van der Waals surface area contributed by atoms with Gasteiger partial charge in [-0.2, -0.15) is 0 Å². The molecule has 12 heteroatoms. The molecule has 2 saturated heterocycles. The molecule has 10 nitrogen and oxygen atoms in total. The molecule has 0 aromatic heterocycles. The number of carbonyl (C=O) groups excluding carboxylic acids is 1. The summed E-state index contributed by atoms with van der Waals surface area (Å²) >= 11 is -0.390. The Morgan fingerprint density at radius 3 is 2.30 bits per heavy atom. The summed E-state index contributed by atoms with van der Waals surface area (Å²) in [5.41, 5.74) is 0.884. The van der Waals surface area contributed by atoms with Gasteiger partial charge in [-0.25, -0.2) is 0 Å². The third-order valence-corrected chi connectivity index (χ3v) is 18.8. The number of rotatable bonds is 13. The minimum atomic E-state index is -2.40. The molecule has 338 valence electrons. The Balaban J connectivity index is 1.07. The number of hydrogen-bond donors (Lipinski definition) is 0. The van der Waals surface area contributed by atoms with E-state index in [1.54, 1.807) is 19.4 Å². The van der Waals surface area contributed by atoms with Gasteiger partial charge in [0.25, 0.3) is 0 Å². The van der Waals surface area contributed by atoms with Gasteiger partial charge in [-0.1, -0.05) is 63.3 Å². The molecule has 64 heavy (non-hydrogen) atoms. The maximum absolute atomic E-state index is 13.4. The van der Waals surface area contributed by atoms with Crippen molar-refractivity contribution in [2.75, 3.05) is 20.3 Å². The fourth-order valence-electron chi connectivity index (χ4n) is 8.01. The molecule has 4 aliphatic rings. The molecule has 0 amide bonds. The van der Waals surface area contributed by atoms with Crippen molar-refractivity contribution in [1.82, 2.24) is 0 Å². The van der Waals surface area contributed by atoms with Crippen LogP contribution in [0.4, 0.5) is 0 Å². The molecular weight excluding hydrogens is 892 g/mol. The van der Waals surface area contributed by atoms with E-state index in [9.17, 15) is 4.79 Å². The molecule has 0 aliphatic carbocycles. The molecule has 0 N–H and O–H groups in total. The zero-order valence-corrected chi connectivity index (χ0v) is 40.2. The van der Waals surface area contributed by atoms with Crippen LogP contribution in [0.1, 0.15) is 45.5 Å². The number of hydrogen-bond acceptors (Lipinski definition) is 10. The van der Waals surface area contributed by atoms with E-state index < -0.39 is 66.2 Å². The minimum absolute atomic E-state index is 0.0226. The summed E-state index contributed by atoms with van der Waals surface area (Å²) in [6.07, 6.45) is 11.8. The van der Waals surface area contributed by atoms with Crippen molar-refractivity contribution in [2.45, 2.75) is 113 Å². The predicted molar refractivity (Wildman–Crippen MR) is 252 cm³/mol. The van der Waals surface area contributed by atoms with Crippen molar-refractivity contribution in [3.8, 4) is 11.5 Å². The van der Waals surface area contributed by atoms with Gasteiger partial charge in [0.1, 0.15) is 11.5 Å². The molecule has 4 aliphatic heterocycles. The fourth-order valence-corrected chi connectivity index (χ4v) is 10.7. The second kappa shape index (κ2) is 20.9. The zero-order chi connectivity index (χ0) is 44.7. The summed E-state index contributed by atoms with van der Waals surface area (Å²) in [7, 11) is -0.762. The summed E-state index contributed by atoms with van der Waals surface area (Å²) in [6.45, 7) is 11.9. The van der Waals surface area contributed by atoms with Crippen molar-refractivity contribution >= 4 is 43.2 Å². The van der Waals surface area contributed by atoms with Crippen LogP contribution in [0.2, 0.25) is 18.1 Å². The molecule has 0 unspecified atom stereocenters. The van der Waals surface area contributed by atoms with E-state index in [1.165, 1.54) is 0 Å². The SMILES string of the molecule is COc1ccc([C@@H]2OC[C@H]3O[C@@H](/C=C\C(=O)[Se]c4ccccc4)[C@H](O/C=C/[C@H]4O[C@H]5CC=CCO[C@@H]5[C@@H](Oc5ccc6ccccc6c5)[C@@H]4O[Si](C)(C)C(C)(C)C)C/C=C\[C@@H]3O2)cc1. The molecule has 4 aromatic carbocycles. The van der Waals surface area contributed by atoms with Crippen molar-refractivity contribution in [2.24, 2.45) is 0 Å². The molecule has 8 rings (SSSR count). The number of fused-ring (bicyclic) bond motifs is 3. The van der Waals surface area contributed by atoms with Gasteiger partial charge in [0, 0.05) is 0 Å². The van der Waals surface area contributed by atoms with Crippen LogP contribution in [0.25, 0.3) is 10.8 Å². The fraction of sp³-hybridized carbons (Fsp3) is 0.404. The van der Waals surface area contributed by atoms with Crippen molar-refractivity contribution in [3.63, 3.8) is 0 Å². The summed E-state index contributed by atoms with van der Waals surface area (Å²) < 4.78 is 60.3. The van der Waals surface area contributed by atoms with Gasteiger partial charge < -0.3 is 9.47 Å². The average molecular weight is 952 g/mol. The van der Waals surface area contributed by atoms with Crippen LogP contribution in [-0.2, 0) is 37.6 Å². The molecule has 0 spiro atoms. The van der Waals surface area contributed by atoms with E-state index in [-0.39, 0.29) is 34.6 Å². The Hall–Kier alpha value is -4.33. The van der Waals surface area contributed by atoms with E-state index >= 15 is 0 Å². The molecule has 4 heterocycles. The first kappa shape index (κ1) is 46.2. The first-order valence-electron chi connectivity index (χ1n) is 22.2.